The first kappa shape index (κ1) is 106. The van der Waals surface area contributed by atoms with Crippen molar-refractivity contribution in [1.82, 2.24) is 99.6 Å². The second-order valence-electron chi connectivity index (χ2n) is 39.2. The number of carbonyl (C=O) groups is 3. The first-order valence-corrected chi connectivity index (χ1v) is 48.7. The highest BCUT2D eigenvalue weighted by molar-refractivity contribution is 9.10. The van der Waals surface area contributed by atoms with Crippen molar-refractivity contribution in [2.75, 3.05) is 93.5 Å². The van der Waals surface area contributed by atoms with E-state index in [4.69, 9.17) is 88.3 Å². The number of hydrogen-bond acceptors (Lipinski definition) is 33. The molecule has 0 radical (unpaired) electrons. The summed E-state index contributed by atoms with van der Waals surface area (Å²) in [6.45, 7) is 42.0. The minimum Gasteiger partial charge on any atom is -0.492 e. The van der Waals surface area contributed by atoms with Crippen LogP contribution in [0.2, 0.25) is 15.5 Å². The Kier molecular flexibility index (Phi) is 32.6. The van der Waals surface area contributed by atoms with Crippen molar-refractivity contribution in [3.8, 4) is 69.8 Å². The van der Waals surface area contributed by atoms with Crippen molar-refractivity contribution in [3.63, 3.8) is 0 Å². The minimum atomic E-state index is -0.577. The number of nitrogens with two attached hydrogens (primary N) is 1. The number of fused-ring (bicyclic) bond motifs is 8. The van der Waals surface area contributed by atoms with E-state index in [1.807, 2.05) is 142 Å². The van der Waals surface area contributed by atoms with E-state index < -0.39 is 35.1 Å². The summed E-state index contributed by atoms with van der Waals surface area (Å²) in [7, 11) is -0.577. The average molecular weight is 2100 g/mol. The van der Waals surface area contributed by atoms with Crippen LogP contribution in [0.3, 0.4) is 0 Å². The molecule has 5 aliphatic heterocycles. The van der Waals surface area contributed by atoms with Crippen LogP contribution >= 0.6 is 63.1 Å². The first-order chi connectivity index (χ1) is 67.6. The largest absolute Gasteiger partial charge is 0.497 e. The van der Waals surface area contributed by atoms with Crippen LogP contribution in [0.25, 0.3) is 44.6 Å². The third-order valence-corrected chi connectivity index (χ3v) is 26.5. The quantitative estimate of drug-likeness (QED) is 0.0417. The Labute approximate surface area is 857 Å². The van der Waals surface area contributed by atoms with Gasteiger partial charge in [0.05, 0.1) is 192 Å². The Hall–Kier alpha value is -13.0. The highest BCUT2D eigenvalue weighted by Crippen LogP contribution is 2.50. The molecule has 4 saturated carbocycles. The van der Waals surface area contributed by atoms with Gasteiger partial charge in [-0.2, -0.15) is 41.4 Å². The molecule has 752 valence electrons. The number of aromatic nitrogens is 16. The standard InChI is InChI=1S/C24H27N7O3.C19H19N7O.C16H20BN3O3.C14H19ClN4O2.C10H8BrN3O.C10H18N2O2.C4H2Cl2N2.ClH/c1-5-33-15-6-16(22-14(7-25)8-28-31(22)11-15)19-9-27-20(10-26-19)30-12-17-18(13-30)21(17)29-23(32)34-24(2,3)4;1-2-27-12-3-13(19-11(4-20)5-24-26(19)8-12)16-6-23-17(7-22-16)25-9-14-15(10-25)18(14)21;1-6-21-12-7-13(14-11(8-18)9-19-20(14)10-12)17-22-15(2,3)16(4,5)23-17;1-14(2,3)21-13(20)18-12-8-6-19(7-9(8)12)11-5-16-10(15)4-17-11;1-2-15-8-3-9(11)10-7(4-12)5-13-14(10)6-8;1-10(2,3)14-9(13)12-8-6-4-11-5-7(6)8;5-3-1-7-4(6)2-8-3;/h6,8-11,17-18,21H,5,12-13H2,1-4H3,(H,29,32);3,5-8,14-15,18H,2,9-10,21H2,1H3;7,9-10H,6H2,1-5H3;4-5,8-9,12H,6-7H2,1-3H3,(H,18,20);3,5-6H,2H2,1H3;6-8,11H,4-5H2,1-3H3,(H,12,13);1-2H;1H/t17-,18+,21?;14-,15+,18?;;8-,9+,12?;;6-,7+,8?;;. The Balaban J connectivity index is 0.000000137. The molecule has 0 bridgehead atoms. The van der Waals surface area contributed by atoms with Gasteiger partial charge in [0.25, 0.3) is 0 Å². The number of piperidine rings is 4. The Morgan fingerprint density at radius 3 is 1.07 bits per heavy atom. The number of nitrogens with one attached hydrogen (secondary N) is 4. The van der Waals surface area contributed by atoms with E-state index in [0.717, 1.165) is 102 Å². The summed E-state index contributed by atoms with van der Waals surface area (Å²) in [6.07, 6.45) is 25.3. The van der Waals surface area contributed by atoms with E-state index in [2.05, 4.69) is 136 Å². The van der Waals surface area contributed by atoms with Gasteiger partial charge in [-0.25, -0.2) is 62.3 Å². The molecule has 46 heteroatoms. The van der Waals surface area contributed by atoms with Gasteiger partial charge in [-0.3, -0.25) is 9.97 Å². The highest BCUT2D eigenvalue weighted by Gasteiger charge is 2.60. The molecule has 12 atom stereocenters. The number of nitriles is 4. The predicted molar refractivity (Wildman–Crippen MR) is 541 cm³/mol. The van der Waals surface area contributed by atoms with E-state index in [-0.39, 0.29) is 42.8 Å². The number of pyridine rings is 4. The molecule has 6 N–H and O–H groups in total. The fourth-order valence-corrected chi connectivity index (χ4v) is 18.7. The lowest BCUT2D eigenvalue weighted by molar-refractivity contribution is 0.00578. The molecular formula is C97H114BBrCl4N28O12. The number of rotatable bonds is 17. The van der Waals surface area contributed by atoms with Crippen LogP contribution in [-0.2, 0) is 23.5 Å². The van der Waals surface area contributed by atoms with E-state index in [0.29, 0.717) is 169 Å². The average Bonchev–Trinajstić information content (AvgIpc) is 1.55. The van der Waals surface area contributed by atoms with E-state index in [1.54, 1.807) is 92.4 Å². The SMILES string of the molecule is CC(C)(C)OC(=O)NC1[C@H]2CN(c3cnc(Cl)cn3)C[C@@H]12.CC(C)(C)OC(=O)NC1[C@H]2CNC[C@@H]12.CCOc1cc(-c2cnc(N3C[C@@H]4C(N)[C@@H]4C3)cn2)c2c(C#N)cnn2c1.CCOc1cc(-c2cnc(N3C[C@@H]4C(NC(=O)OC(C)(C)C)[C@@H]4C3)cn2)c2c(C#N)cnn2c1.CCOc1cc(B2OC(C)(C)C(C)(C)O2)c2c(C#N)cnn2c1.CCOc1cc(Br)c2c(C#N)cnn2c1.Cl.Clc1cnc(Cl)cn1. The van der Waals surface area contributed by atoms with E-state index in [9.17, 15) is 30.2 Å². The van der Waals surface area contributed by atoms with Gasteiger partial charge in [0.1, 0.15) is 97.0 Å². The second kappa shape index (κ2) is 44.1. The van der Waals surface area contributed by atoms with Gasteiger partial charge in [-0.15, -0.1) is 12.4 Å². The fourth-order valence-electron chi connectivity index (χ4n) is 17.8. The van der Waals surface area contributed by atoms with Gasteiger partial charge in [0, 0.05) is 121 Å². The smallest absolute Gasteiger partial charge is 0.492 e. The Morgan fingerprint density at radius 2 is 0.741 bits per heavy atom. The zero-order chi connectivity index (χ0) is 102. The summed E-state index contributed by atoms with van der Waals surface area (Å²) >= 11 is 19.9. The van der Waals surface area contributed by atoms with Gasteiger partial charge < -0.3 is 84.2 Å². The number of nitrogens with zero attached hydrogens (tertiary/aromatic N) is 23. The second-order valence-corrected chi connectivity index (χ2v) is 41.2. The summed E-state index contributed by atoms with van der Waals surface area (Å²) in [4.78, 5) is 75.9. The van der Waals surface area contributed by atoms with Crippen molar-refractivity contribution in [1.29, 1.82) is 21.0 Å². The normalized spacial score (nSPS) is 21.5. The monoisotopic (exact) mass is 2090 g/mol. The lowest BCUT2D eigenvalue weighted by atomic mass is 9.78. The molecular weight excluding hydrogens is 1980 g/mol. The van der Waals surface area contributed by atoms with Crippen LogP contribution in [0, 0.1) is 92.7 Å². The molecule has 9 aliphatic rings. The summed E-state index contributed by atoms with van der Waals surface area (Å²) in [5.74, 6) is 9.39. The van der Waals surface area contributed by atoms with Gasteiger partial charge in [-0.1, -0.05) is 34.8 Å². The maximum atomic E-state index is 12.0. The molecule has 3 amide bonds. The molecule has 143 heavy (non-hydrogen) atoms. The maximum absolute atomic E-state index is 12.0. The summed E-state index contributed by atoms with van der Waals surface area (Å²) in [5.41, 5.74) is 12.2. The highest BCUT2D eigenvalue weighted by atomic mass is 79.9. The van der Waals surface area contributed by atoms with Crippen LogP contribution in [0.5, 0.6) is 23.0 Å². The molecule has 21 rings (SSSR count). The van der Waals surface area contributed by atoms with Crippen LogP contribution in [0.4, 0.5) is 31.8 Å². The number of carbonyl (C=O) groups excluding carboxylic acids is 3. The molecule has 40 nitrogen and oxygen atoms in total. The number of hydrogen-bond donors (Lipinski definition) is 5. The number of ether oxygens (including phenoxy) is 7. The number of alkyl carbamates (subject to hydrolysis) is 3. The summed E-state index contributed by atoms with van der Waals surface area (Å²) < 4.78 is 57.7. The number of amides is 3. The first-order valence-electron chi connectivity index (χ1n) is 46.7. The third kappa shape index (κ3) is 25.3. The summed E-state index contributed by atoms with van der Waals surface area (Å²) in [6, 6.07) is 17.2. The van der Waals surface area contributed by atoms with E-state index >= 15 is 0 Å². The van der Waals surface area contributed by atoms with Crippen molar-refractivity contribution in [3.05, 3.63) is 166 Å². The molecule has 0 aromatic carbocycles. The van der Waals surface area contributed by atoms with Crippen molar-refractivity contribution in [2.45, 2.75) is 170 Å². The maximum Gasteiger partial charge on any atom is 0.497 e. The van der Waals surface area contributed by atoms with Crippen LogP contribution < -0.4 is 66.1 Å². The van der Waals surface area contributed by atoms with Gasteiger partial charge >= 0.3 is 25.4 Å². The lowest BCUT2D eigenvalue weighted by Crippen LogP contribution is -2.41. The van der Waals surface area contributed by atoms with Crippen LogP contribution in [0.1, 0.15) is 140 Å². The molecule has 12 aromatic rings. The molecule has 5 saturated heterocycles. The van der Waals surface area contributed by atoms with Crippen LogP contribution in [0.15, 0.2) is 128 Å². The van der Waals surface area contributed by atoms with Gasteiger partial charge in [-0.05, 0) is 182 Å². The lowest BCUT2D eigenvalue weighted by Gasteiger charge is -2.32. The zero-order valence-corrected chi connectivity index (χ0v) is 86.9. The zero-order valence-electron chi connectivity index (χ0n) is 82.2. The Bertz CT molecular complexity index is 6670. The van der Waals surface area contributed by atoms with Crippen molar-refractivity contribution < 1.29 is 56.9 Å². The van der Waals surface area contributed by atoms with E-state index in [1.165, 1.54) is 24.8 Å². The van der Waals surface area contributed by atoms with Crippen molar-refractivity contribution >= 4 is 134 Å². The molecule has 17 heterocycles. The molecule has 0 spiro atoms. The van der Waals surface area contributed by atoms with Crippen LogP contribution in [-0.4, -0.2) is 235 Å². The van der Waals surface area contributed by atoms with Crippen molar-refractivity contribution in [2.24, 2.45) is 53.1 Å². The predicted octanol–water partition coefficient (Wildman–Crippen LogP) is 13.8. The van der Waals surface area contributed by atoms with Gasteiger partial charge in [0.15, 0.2) is 0 Å². The number of halogens is 5. The number of anilines is 3. The molecule has 4 unspecified atom stereocenters. The Morgan fingerprint density at radius 1 is 0.441 bits per heavy atom. The fraction of sp³-hybridized carbons (Fsp3) is 0.474. The summed E-state index contributed by atoms with van der Waals surface area (Å²) in [5, 5.41) is 67.2. The third-order valence-electron chi connectivity index (χ3n) is 25.3. The molecule has 4 aliphatic carbocycles. The molecule has 9 fully saturated rings. The minimum absolute atomic E-state index is 0. The van der Waals surface area contributed by atoms with Gasteiger partial charge in [0.2, 0.25) is 0 Å². The molecule has 12 aromatic heterocycles. The topological polar surface area (TPSA) is 486 Å².